The van der Waals surface area contributed by atoms with Crippen LogP contribution in [0, 0.1) is 18.8 Å². The van der Waals surface area contributed by atoms with Crippen LogP contribution in [0.2, 0.25) is 0 Å². The molecule has 0 fully saturated rings. The zero-order valence-electron chi connectivity index (χ0n) is 19.6. The number of fused-ring (bicyclic) bond motifs is 1. The number of carbonyl (C=O) groups is 2. The monoisotopic (exact) mass is 440 g/mol. The van der Waals surface area contributed by atoms with Gasteiger partial charge < -0.3 is 9.80 Å². The van der Waals surface area contributed by atoms with Crippen molar-refractivity contribution in [3.05, 3.63) is 57.3 Å². The number of carbonyl (C=O) groups excluding carboxylic acids is 2. The molecule has 1 aromatic heterocycles. The van der Waals surface area contributed by atoms with Crippen molar-refractivity contribution in [2.24, 2.45) is 11.8 Å². The Morgan fingerprint density at radius 1 is 1.10 bits per heavy atom. The molecule has 0 saturated heterocycles. The Morgan fingerprint density at radius 2 is 1.84 bits per heavy atom. The summed E-state index contributed by atoms with van der Waals surface area (Å²) in [5.74, 6) is 0.912. The molecule has 3 rings (SSSR count). The first-order valence-electron chi connectivity index (χ1n) is 11.5. The first kappa shape index (κ1) is 23.5. The number of benzene rings is 1. The summed E-state index contributed by atoms with van der Waals surface area (Å²) in [6.07, 6.45) is 2.28. The van der Waals surface area contributed by atoms with Gasteiger partial charge in [-0.25, -0.2) is 0 Å². The Balaban J connectivity index is 1.86. The Morgan fingerprint density at radius 3 is 2.52 bits per heavy atom. The van der Waals surface area contributed by atoms with Crippen LogP contribution in [-0.2, 0) is 16.0 Å². The van der Waals surface area contributed by atoms with Gasteiger partial charge in [-0.3, -0.25) is 9.59 Å². The summed E-state index contributed by atoms with van der Waals surface area (Å²) in [6.45, 7) is 12.0. The van der Waals surface area contributed by atoms with Gasteiger partial charge in [-0.05, 0) is 59.7 Å². The van der Waals surface area contributed by atoms with Crippen LogP contribution in [0.3, 0.4) is 0 Å². The lowest BCUT2D eigenvalue weighted by Gasteiger charge is -2.38. The lowest BCUT2D eigenvalue weighted by molar-refractivity contribution is -0.142. The molecule has 0 aliphatic carbocycles. The van der Waals surface area contributed by atoms with E-state index in [9.17, 15) is 9.59 Å². The molecular weight excluding hydrogens is 404 g/mol. The Labute approximate surface area is 191 Å². The molecule has 1 unspecified atom stereocenters. The minimum absolute atomic E-state index is 0.0472. The second-order valence-electron chi connectivity index (χ2n) is 9.49. The third-order valence-electron chi connectivity index (χ3n) is 6.01. The molecule has 2 aromatic rings. The molecule has 0 bridgehead atoms. The van der Waals surface area contributed by atoms with Crippen LogP contribution in [0.1, 0.15) is 68.1 Å². The molecule has 0 saturated carbocycles. The second-order valence-corrected chi connectivity index (χ2v) is 10.5. The maximum atomic E-state index is 13.6. The molecule has 1 atom stereocenters. The highest BCUT2D eigenvalue weighted by atomic mass is 32.1. The van der Waals surface area contributed by atoms with Gasteiger partial charge in [0.25, 0.3) is 0 Å². The fraction of sp³-hybridized carbons (Fsp3) is 0.538. The SMILES string of the molecule is Cc1ccccc1C1c2ccsc2CCN1C(=O)CN(CCC(C)C)C(=O)CC(C)C. The Hall–Kier alpha value is -2.14. The van der Waals surface area contributed by atoms with Gasteiger partial charge in [-0.15, -0.1) is 11.3 Å². The molecule has 1 aromatic carbocycles. The van der Waals surface area contributed by atoms with E-state index in [1.807, 2.05) is 17.0 Å². The van der Waals surface area contributed by atoms with Gasteiger partial charge in [0.05, 0.1) is 12.6 Å². The van der Waals surface area contributed by atoms with Crippen LogP contribution in [0.15, 0.2) is 35.7 Å². The van der Waals surface area contributed by atoms with E-state index in [4.69, 9.17) is 0 Å². The number of nitrogens with zero attached hydrogens (tertiary/aromatic N) is 2. The van der Waals surface area contributed by atoms with Crippen LogP contribution in [0.25, 0.3) is 0 Å². The van der Waals surface area contributed by atoms with E-state index in [2.05, 4.69) is 58.2 Å². The number of hydrogen-bond donors (Lipinski definition) is 0. The van der Waals surface area contributed by atoms with Crippen molar-refractivity contribution >= 4 is 23.2 Å². The zero-order chi connectivity index (χ0) is 22.5. The van der Waals surface area contributed by atoms with E-state index in [1.165, 1.54) is 21.6 Å². The third kappa shape index (κ3) is 5.76. The Bertz CT molecular complexity index is 902. The third-order valence-corrected chi connectivity index (χ3v) is 7.00. The summed E-state index contributed by atoms with van der Waals surface area (Å²) < 4.78 is 0. The lowest BCUT2D eigenvalue weighted by Crippen LogP contribution is -2.47. The van der Waals surface area contributed by atoms with Gasteiger partial charge in [0.1, 0.15) is 0 Å². The fourth-order valence-electron chi connectivity index (χ4n) is 4.25. The van der Waals surface area contributed by atoms with Gasteiger partial charge in [-0.1, -0.05) is 52.0 Å². The van der Waals surface area contributed by atoms with Crippen molar-refractivity contribution in [3.63, 3.8) is 0 Å². The van der Waals surface area contributed by atoms with Gasteiger partial charge in [0.2, 0.25) is 11.8 Å². The highest BCUT2D eigenvalue weighted by molar-refractivity contribution is 7.10. The van der Waals surface area contributed by atoms with Gasteiger partial charge >= 0.3 is 0 Å². The van der Waals surface area contributed by atoms with Crippen molar-refractivity contribution in [1.82, 2.24) is 9.80 Å². The summed E-state index contributed by atoms with van der Waals surface area (Å²) in [7, 11) is 0. The average Bonchev–Trinajstić information content (AvgIpc) is 3.19. The predicted octanol–water partition coefficient (Wildman–Crippen LogP) is 5.45. The molecule has 0 spiro atoms. The van der Waals surface area contributed by atoms with Gasteiger partial charge in [-0.2, -0.15) is 0 Å². The lowest BCUT2D eigenvalue weighted by atomic mass is 9.90. The summed E-state index contributed by atoms with van der Waals surface area (Å²) in [5.41, 5.74) is 3.61. The number of thiophene rings is 1. The molecule has 1 aliphatic heterocycles. The number of aryl methyl sites for hydroxylation is 1. The minimum atomic E-state index is -0.0733. The Kier molecular flexibility index (Phi) is 7.93. The summed E-state index contributed by atoms with van der Waals surface area (Å²) in [6, 6.07) is 10.4. The van der Waals surface area contributed by atoms with E-state index < -0.39 is 0 Å². The van der Waals surface area contributed by atoms with Gasteiger partial charge in [0, 0.05) is 24.4 Å². The molecule has 0 N–H and O–H groups in total. The standard InChI is InChI=1S/C26H36N2O2S/c1-18(2)10-13-27(24(29)16-19(3)4)17-25(30)28-14-11-23-22(12-15-31-23)26(28)21-9-7-6-8-20(21)5/h6-9,12,15,18-19,26H,10-11,13-14,16-17H2,1-5H3. The quantitative estimate of drug-likeness (QED) is 0.547. The van der Waals surface area contributed by atoms with Gasteiger partial charge in [0.15, 0.2) is 0 Å². The normalized spacial score (nSPS) is 16.0. The van der Waals surface area contributed by atoms with Crippen LogP contribution >= 0.6 is 11.3 Å². The van der Waals surface area contributed by atoms with E-state index in [-0.39, 0.29) is 30.3 Å². The highest BCUT2D eigenvalue weighted by Gasteiger charge is 2.34. The molecule has 31 heavy (non-hydrogen) atoms. The van der Waals surface area contributed by atoms with Crippen LogP contribution in [0.4, 0.5) is 0 Å². The first-order valence-corrected chi connectivity index (χ1v) is 12.3. The summed E-state index contributed by atoms with van der Waals surface area (Å²) >= 11 is 1.78. The number of rotatable bonds is 8. The molecule has 0 radical (unpaired) electrons. The van der Waals surface area contributed by atoms with Crippen molar-refractivity contribution in [3.8, 4) is 0 Å². The highest BCUT2D eigenvalue weighted by Crippen LogP contribution is 2.39. The molecule has 2 amide bonds. The fourth-order valence-corrected chi connectivity index (χ4v) is 5.16. The maximum Gasteiger partial charge on any atom is 0.242 e. The summed E-state index contributed by atoms with van der Waals surface area (Å²) in [4.78, 5) is 31.7. The molecule has 4 nitrogen and oxygen atoms in total. The van der Waals surface area contributed by atoms with Crippen LogP contribution < -0.4 is 0 Å². The van der Waals surface area contributed by atoms with E-state index >= 15 is 0 Å². The van der Waals surface area contributed by atoms with Crippen molar-refractivity contribution in [2.45, 2.75) is 59.9 Å². The molecule has 2 heterocycles. The topological polar surface area (TPSA) is 40.6 Å². The molecule has 168 valence electrons. The number of amides is 2. The van der Waals surface area contributed by atoms with Crippen LogP contribution in [0.5, 0.6) is 0 Å². The van der Waals surface area contributed by atoms with Crippen LogP contribution in [-0.4, -0.2) is 41.2 Å². The molecule has 1 aliphatic rings. The molecular formula is C26H36N2O2S. The van der Waals surface area contributed by atoms with Crippen molar-refractivity contribution < 1.29 is 9.59 Å². The van der Waals surface area contributed by atoms with E-state index in [1.54, 1.807) is 16.2 Å². The first-order chi connectivity index (χ1) is 14.8. The zero-order valence-corrected chi connectivity index (χ0v) is 20.4. The molecule has 5 heteroatoms. The average molecular weight is 441 g/mol. The predicted molar refractivity (Wildman–Crippen MR) is 128 cm³/mol. The maximum absolute atomic E-state index is 13.6. The largest absolute Gasteiger partial charge is 0.333 e. The minimum Gasteiger partial charge on any atom is -0.333 e. The summed E-state index contributed by atoms with van der Waals surface area (Å²) in [5, 5.41) is 2.13. The second kappa shape index (κ2) is 10.4. The van der Waals surface area contributed by atoms with E-state index in [0.717, 1.165) is 12.8 Å². The smallest absolute Gasteiger partial charge is 0.242 e. The number of hydrogen-bond acceptors (Lipinski definition) is 3. The van der Waals surface area contributed by atoms with Crippen molar-refractivity contribution in [1.29, 1.82) is 0 Å². The van der Waals surface area contributed by atoms with Crippen molar-refractivity contribution in [2.75, 3.05) is 19.6 Å². The van der Waals surface area contributed by atoms with E-state index in [0.29, 0.717) is 25.4 Å².